The van der Waals surface area contributed by atoms with Gasteiger partial charge in [0.25, 0.3) is 5.56 Å². The summed E-state index contributed by atoms with van der Waals surface area (Å²) in [5.41, 5.74) is 1.67. The summed E-state index contributed by atoms with van der Waals surface area (Å²) in [6, 6.07) is 11.0. The number of fused-ring (bicyclic) bond motifs is 3. The number of amides is 1. The van der Waals surface area contributed by atoms with Crippen molar-refractivity contribution in [3.63, 3.8) is 0 Å². The Hall–Kier alpha value is -3.86. The number of carbonyl (C=O) groups excluding carboxylic acids is 1. The molecule has 9 nitrogen and oxygen atoms in total. The molecule has 1 amide bonds. The Morgan fingerprint density at radius 1 is 1.18 bits per heavy atom. The lowest BCUT2D eigenvalue weighted by atomic mass is 10.2. The summed E-state index contributed by atoms with van der Waals surface area (Å²) in [5.74, 6) is 1.40. The van der Waals surface area contributed by atoms with E-state index in [0.717, 1.165) is 5.56 Å². The molecule has 0 bridgehead atoms. The zero-order valence-corrected chi connectivity index (χ0v) is 18.5. The van der Waals surface area contributed by atoms with E-state index < -0.39 is 0 Å². The van der Waals surface area contributed by atoms with Gasteiger partial charge in [-0.1, -0.05) is 17.8 Å². The van der Waals surface area contributed by atoms with E-state index in [4.69, 9.17) is 9.47 Å². The van der Waals surface area contributed by atoms with Crippen LogP contribution in [0.3, 0.4) is 0 Å². The van der Waals surface area contributed by atoms with Crippen molar-refractivity contribution >= 4 is 28.7 Å². The van der Waals surface area contributed by atoms with Crippen LogP contribution < -0.4 is 20.3 Å². The van der Waals surface area contributed by atoms with E-state index in [2.05, 4.69) is 15.4 Å². The van der Waals surface area contributed by atoms with Crippen LogP contribution in [0, 0.1) is 5.82 Å². The van der Waals surface area contributed by atoms with Gasteiger partial charge in [-0.05, 0) is 42.0 Å². The molecule has 1 N–H and O–H groups in total. The van der Waals surface area contributed by atoms with Crippen molar-refractivity contribution in [2.45, 2.75) is 24.2 Å². The van der Waals surface area contributed by atoms with Crippen molar-refractivity contribution < 1.29 is 18.7 Å². The van der Waals surface area contributed by atoms with Gasteiger partial charge < -0.3 is 14.8 Å². The molecule has 4 heterocycles. The second-order valence-electron chi connectivity index (χ2n) is 7.97. The van der Waals surface area contributed by atoms with Crippen LogP contribution in [0.15, 0.2) is 58.6 Å². The third-order valence-corrected chi connectivity index (χ3v) is 6.89. The predicted molar refractivity (Wildman–Crippen MR) is 122 cm³/mol. The Kier molecular flexibility index (Phi) is 4.98. The average molecular weight is 479 g/mol. The highest BCUT2D eigenvalue weighted by molar-refractivity contribution is 7.99. The van der Waals surface area contributed by atoms with Crippen LogP contribution >= 0.6 is 11.8 Å². The van der Waals surface area contributed by atoms with Crippen molar-refractivity contribution in [1.82, 2.24) is 24.6 Å². The van der Waals surface area contributed by atoms with Gasteiger partial charge in [-0.15, -0.1) is 0 Å². The highest BCUT2D eigenvalue weighted by atomic mass is 32.2. The molecule has 0 fully saturated rings. The van der Waals surface area contributed by atoms with Crippen LogP contribution in [0.5, 0.6) is 11.5 Å². The van der Waals surface area contributed by atoms with Gasteiger partial charge in [0.05, 0.1) is 17.9 Å². The molecule has 1 atom stereocenters. The summed E-state index contributed by atoms with van der Waals surface area (Å²) in [7, 11) is 0. The molecule has 2 aromatic heterocycles. The molecule has 172 valence electrons. The van der Waals surface area contributed by atoms with Gasteiger partial charge in [0.15, 0.2) is 22.3 Å². The number of thioether (sulfide) groups is 1. The van der Waals surface area contributed by atoms with E-state index in [9.17, 15) is 14.0 Å². The van der Waals surface area contributed by atoms with Gasteiger partial charge in [0.2, 0.25) is 12.7 Å². The second-order valence-corrected chi connectivity index (χ2v) is 8.96. The summed E-state index contributed by atoms with van der Waals surface area (Å²) in [6.45, 7) is 0.543. The van der Waals surface area contributed by atoms with Gasteiger partial charge in [0.1, 0.15) is 11.2 Å². The number of nitrogens with one attached hydrogen (secondary N) is 1. The maximum atomic E-state index is 13.3. The molecule has 0 aliphatic carbocycles. The third-order valence-electron chi connectivity index (χ3n) is 5.79. The molecule has 11 heteroatoms. The monoisotopic (exact) mass is 479 g/mol. The second kappa shape index (κ2) is 8.17. The Morgan fingerprint density at radius 3 is 2.85 bits per heavy atom. The number of halogens is 1. The normalized spacial score (nSPS) is 16.1. The number of aromatic nitrogens is 4. The lowest BCUT2D eigenvalue weighted by molar-refractivity contribution is -0.121. The zero-order valence-electron chi connectivity index (χ0n) is 17.7. The minimum Gasteiger partial charge on any atom is -0.454 e. The quantitative estimate of drug-likeness (QED) is 0.440. The molecule has 2 aromatic carbocycles. The number of nitrogens with zero attached hydrogens (tertiary/aromatic N) is 4. The first kappa shape index (κ1) is 20.7. The summed E-state index contributed by atoms with van der Waals surface area (Å²) >= 11 is 1.42. The molecule has 4 aromatic rings. The van der Waals surface area contributed by atoms with E-state index >= 15 is 0 Å². The molecule has 0 saturated carbocycles. The number of carbonyl (C=O) groups is 1. The summed E-state index contributed by atoms with van der Waals surface area (Å²) in [6.07, 6.45) is 1.62. The van der Waals surface area contributed by atoms with Gasteiger partial charge >= 0.3 is 0 Å². The first-order chi connectivity index (χ1) is 16.6. The number of benzene rings is 2. The first-order valence-electron chi connectivity index (χ1n) is 10.6. The number of hydrogen-bond acceptors (Lipinski definition) is 7. The third kappa shape index (κ3) is 3.58. The van der Waals surface area contributed by atoms with E-state index in [-0.39, 0.29) is 36.5 Å². The molecule has 2 aliphatic rings. The fourth-order valence-corrected chi connectivity index (χ4v) is 5.22. The Morgan fingerprint density at radius 2 is 2.00 bits per heavy atom. The standard InChI is InChI=1S/C23H18FN5O4S/c24-14-2-4-15(5-3-14)29-21-17(10-26-29)22(31)28-16(11-34-23(28)27-21)8-20(30)25-9-13-1-6-18-19(7-13)33-12-32-18/h1-7,10,16H,8-9,11-12H2,(H,25,30). The van der Waals surface area contributed by atoms with Crippen LogP contribution in [-0.4, -0.2) is 37.8 Å². The molecular weight excluding hydrogens is 461 g/mol. The molecule has 0 saturated heterocycles. The van der Waals surface area contributed by atoms with Crippen molar-refractivity contribution in [2.24, 2.45) is 0 Å². The lowest BCUT2D eigenvalue weighted by Gasteiger charge is -2.13. The van der Waals surface area contributed by atoms with Crippen LogP contribution in [0.4, 0.5) is 4.39 Å². The predicted octanol–water partition coefficient (Wildman–Crippen LogP) is 2.80. The van der Waals surface area contributed by atoms with E-state index in [1.165, 1.54) is 34.8 Å². The fraction of sp³-hybridized carbons (Fsp3) is 0.217. The van der Waals surface area contributed by atoms with E-state index in [0.29, 0.717) is 45.7 Å². The van der Waals surface area contributed by atoms with Crippen molar-refractivity contribution in [2.75, 3.05) is 12.5 Å². The summed E-state index contributed by atoms with van der Waals surface area (Å²) in [5, 5.41) is 8.07. The average Bonchev–Trinajstić information content (AvgIpc) is 3.57. The number of ether oxygens (including phenoxy) is 2. The smallest absolute Gasteiger partial charge is 0.265 e. The summed E-state index contributed by atoms with van der Waals surface area (Å²) < 4.78 is 27.1. The molecule has 6 rings (SSSR count). The topological polar surface area (TPSA) is 100 Å². The number of hydrogen-bond donors (Lipinski definition) is 1. The zero-order chi connectivity index (χ0) is 23.2. The van der Waals surface area contributed by atoms with E-state index in [1.807, 2.05) is 18.2 Å². The van der Waals surface area contributed by atoms with Gasteiger partial charge in [-0.25, -0.2) is 14.1 Å². The Labute approximate surface area is 196 Å². The Balaban J connectivity index is 1.20. The minimum absolute atomic E-state index is 0.156. The number of rotatable bonds is 5. The SMILES string of the molecule is O=C(CC1CSc2nc3c(cnn3-c3ccc(F)cc3)c(=O)n21)NCc1ccc2c(c1)OCO2. The van der Waals surface area contributed by atoms with Crippen LogP contribution in [0.25, 0.3) is 16.7 Å². The maximum absolute atomic E-state index is 13.3. The molecule has 2 aliphatic heterocycles. The molecule has 34 heavy (non-hydrogen) atoms. The molecular formula is C23H18FN5O4S. The highest BCUT2D eigenvalue weighted by Gasteiger charge is 2.29. The fourth-order valence-electron chi connectivity index (χ4n) is 4.09. The minimum atomic E-state index is -0.357. The van der Waals surface area contributed by atoms with Gasteiger partial charge in [0, 0.05) is 18.7 Å². The van der Waals surface area contributed by atoms with Gasteiger partial charge in [-0.3, -0.25) is 14.2 Å². The largest absolute Gasteiger partial charge is 0.454 e. The van der Waals surface area contributed by atoms with E-state index in [1.54, 1.807) is 16.7 Å². The van der Waals surface area contributed by atoms with Crippen LogP contribution in [0.2, 0.25) is 0 Å². The Bertz CT molecular complexity index is 1480. The first-order valence-corrected chi connectivity index (χ1v) is 11.6. The van der Waals surface area contributed by atoms with Crippen molar-refractivity contribution in [3.05, 3.63) is 70.4 Å². The lowest BCUT2D eigenvalue weighted by Crippen LogP contribution is -2.30. The van der Waals surface area contributed by atoms with Crippen molar-refractivity contribution in [3.8, 4) is 17.2 Å². The van der Waals surface area contributed by atoms with Gasteiger partial charge in [-0.2, -0.15) is 5.10 Å². The maximum Gasteiger partial charge on any atom is 0.265 e. The van der Waals surface area contributed by atoms with Crippen LogP contribution in [-0.2, 0) is 11.3 Å². The molecule has 0 spiro atoms. The van der Waals surface area contributed by atoms with Crippen LogP contribution in [0.1, 0.15) is 18.0 Å². The van der Waals surface area contributed by atoms with Crippen molar-refractivity contribution in [1.29, 1.82) is 0 Å². The molecule has 1 unspecified atom stereocenters. The summed E-state index contributed by atoms with van der Waals surface area (Å²) in [4.78, 5) is 30.5. The molecule has 0 radical (unpaired) electrons. The highest BCUT2D eigenvalue weighted by Crippen LogP contribution is 2.34.